The molecule has 0 aliphatic heterocycles. The SMILES string of the molecule is Nc1ccc(C(=O)NCc2ccno2)cc1C(F)(F)F. The van der Waals surface area contributed by atoms with Gasteiger partial charge in [0.05, 0.1) is 18.3 Å². The molecular weight excluding hydrogens is 275 g/mol. The van der Waals surface area contributed by atoms with Crippen molar-refractivity contribution in [2.45, 2.75) is 12.7 Å². The number of alkyl halides is 3. The van der Waals surface area contributed by atoms with E-state index in [1.54, 1.807) is 0 Å². The van der Waals surface area contributed by atoms with Gasteiger partial charge in [0.2, 0.25) is 0 Å². The van der Waals surface area contributed by atoms with Gasteiger partial charge in [-0.15, -0.1) is 0 Å². The Labute approximate surface area is 111 Å². The number of hydrogen-bond acceptors (Lipinski definition) is 4. The lowest BCUT2D eigenvalue weighted by molar-refractivity contribution is -0.136. The molecule has 2 rings (SSSR count). The molecule has 0 aliphatic carbocycles. The van der Waals surface area contributed by atoms with Crippen LogP contribution in [0.25, 0.3) is 0 Å². The zero-order valence-electron chi connectivity index (χ0n) is 10.1. The van der Waals surface area contributed by atoms with Gasteiger partial charge in [-0.3, -0.25) is 4.79 Å². The Hall–Kier alpha value is -2.51. The lowest BCUT2D eigenvalue weighted by Gasteiger charge is -2.11. The Morgan fingerprint density at radius 3 is 2.70 bits per heavy atom. The van der Waals surface area contributed by atoms with Crippen molar-refractivity contribution >= 4 is 11.6 Å². The van der Waals surface area contributed by atoms with Gasteiger partial charge in [-0.1, -0.05) is 5.16 Å². The van der Waals surface area contributed by atoms with Crippen molar-refractivity contribution in [3.05, 3.63) is 47.3 Å². The Bertz CT molecular complexity index is 609. The average molecular weight is 285 g/mol. The summed E-state index contributed by atoms with van der Waals surface area (Å²) in [5, 5.41) is 5.86. The van der Waals surface area contributed by atoms with E-state index in [-0.39, 0.29) is 12.1 Å². The summed E-state index contributed by atoms with van der Waals surface area (Å²) < 4.78 is 42.8. The fourth-order valence-electron chi connectivity index (χ4n) is 1.55. The van der Waals surface area contributed by atoms with E-state index in [1.807, 2.05) is 0 Å². The summed E-state index contributed by atoms with van der Waals surface area (Å²) in [6.07, 6.45) is -3.21. The van der Waals surface area contributed by atoms with Gasteiger partial charge in [0.25, 0.3) is 5.91 Å². The topological polar surface area (TPSA) is 81.2 Å². The number of nitrogens with zero attached hydrogens (tertiary/aromatic N) is 1. The standard InChI is InChI=1S/C12H10F3N3O2/c13-12(14,15)9-5-7(1-2-10(9)16)11(19)17-6-8-3-4-18-20-8/h1-5H,6,16H2,(H,17,19). The number of hydrogen-bond donors (Lipinski definition) is 2. The first-order valence-electron chi connectivity index (χ1n) is 5.52. The zero-order valence-corrected chi connectivity index (χ0v) is 10.1. The van der Waals surface area contributed by atoms with Crippen LogP contribution >= 0.6 is 0 Å². The number of benzene rings is 1. The number of nitrogen functional groups attached to an aromatic ring is 1. The second-order valence-electron chi connectivity index (χ2n) is 3.96. The number of aromatic nitrogens is 1. The molecule has 0 unspecified atom stereocenters. The van der Waals surface area contributed by atoms with Crippen molar-refractivity contribution < 1.29 is 22.5 Å². The molecule has 0 saturated carbocycles. The van der Waals surface area contributed by atoms with Crippen LogP contribution in [0, 0.1) is 0 Å². The quantitative estimate of drug-likeness (QED) is 0.847. The molecule has 3 N–H and O–H groups in total. The van der Waals surface area contributed by atoms with Crippen LogP contribution in [0.1, 0.15) is 21.7 Å². The number of anilines is 1. The number of halogens is 3. The normalized spacial score (nSPS) is 11.3. The summed E-state index contributed by atoms with van der Waals surface area (Å²) in [5.74, 6) is -0.267. The van der Waals surface area contributed by atoms with Gasteiger partial charge in [0.15, 0.2) is 5.76 Å². The molecule has 2 aromatic rings. The Kier molecular flexibility index (Phi) is 3.64. The second-order valence-corrected chi connectivity index (χ2v) is 3.96. The van der Waals surface area contributed by atoms with Crippen molar-refractivity contribution in [1.82, 2.24) is 10.5 Å². The van der Waals surface area contributed by atoms with Gasteiger partial charge in [0.1, 0.15) is 0 Å². The molecule has 0 fully saturated rings. The molecule has 0 radical (unpaired) electrons. The molecule has 1 aromatic heterocycles. The minimum Gasteiger partial charge on any atom is -0.398 e. The first-order chi connectivity index (χ1) is 9.38. The largest absolute Gasteiger partial charge is 0.418 e. The fraction of sp³-hybridized carbons (Fsp3) is 0.167. The van der Waals surface area contributed by atoms with Crippen molar-refractivity contribution in [2.24, 2.45) is 0 Å². The summed E-state index contributed by atoms with van der Waals surface area (Å²) in [5.41, 5.74) is 3.65. The molecule has 0 aliphatic rings. The third-order valence-electron chi connectivity index (χ3n) is 2.54. The molecule has 0 bridgehead atoms. The van der Waals surface area contributed by atoms with E-state index in [1.165, 1.54) is 18.3 Å². The molecule has 5 nitrogen and oxygen atoms in total. The summed E-state index contributed by atoms with van der Waals surface area (Å²) in [4.78, 5) is 11.7. The highest BCUT2D eigenvalue weighted by Crippen LogP contribution is 2.33. The van der Waals surface area contributed by atoms with Gasteiger partial charge in [-0.2, -0.15) is 13.2 Å². The summed E-state index contributed by atoms with van der Waals surface area (Å²) in [6, 6.07) is 4.52. The lowest BCUT2D eigenvalue weighted by atomic mass is 10.1. The molecule has 0 saturated heterocycles. The highest BCUT2D eigenvalue weighted by Gasteiger charge is 2.33. The number of nitrogens with two attached hydrogens (primary N) is 1. The minimum atomic E-state index is -4.61. The summed E-state index contributed by atoms with van der Waals surface area (Å²) >= 11 is 0. The van der Waals surface area contributed by atoms with E-state index in [0.29, 0.717) is 11.8 Å². The van der Waals surface area contributed by atoms with Crippen LogP contribution in [-0.2, 0) is 12.7 Å². The predicted octanol–water partition coefficient (Wildman–Crippen LogP) is 2.21. The van der Waals surface area contributed by atoms with Crippen LogP contribution in [0.4, 0.5) is 18.9 Å². The van der Waals surface area contributed by atoms with Crippen molar-refractivity contribution in [1.29, 1.82) is 0 Å². The van der Waals surface area contributed by atoms with Gasteiger partial charge in [0, 0.05) is 17.3 Å². The summed E-state index contributed by atoms with van der Waals surface area (Å²) in [6.45, 7) is 0.0323. The van der Waals surface area contributed by atoms with Crippen molar-refractivity contribution in [2.75, 3.05) is 5.73 Å². The number of amides is 1. The number of carbonyl (C=O) groups excluding carboxylic acids is 1. The first kappa shape index (κ1) is 13.9. The molecule has 1 aromatic carbocycles. The Balaban J connectivity index is 2.14. The van der Waals surface area contributed by atoms with E-state index in [4.69, 9.17) is 10.3 Å². The van der Waals surface area contributed by atoms with Crippen LogP contribution in [0.2, 0.25) is 0 Å². The Morgan fingerprint density at radius 1 is 1.35 bits per heavy atom. The monoisotopic (exact) mass is 285 g/mol. The molecular formula is C12H10F3N3O2. The Morgan fingerprint density at radius 2 is 2.10 bits per heavy atom. The molecule has 1 heterocycles. The lowest BCUT2D eigenvalue weighted by Crippen LogP contribution is -2.23. The average Bonchev–Trinajstić information content (AvgIpc) is 2.88. The minimum absolute atomic E-state index is 0.0323. The maximum Gasteiger partial charge on any atom is 0.418 e. The second kappa shape index (κ2) is 5.24. The maximum absolute atomic E-state index is 12.7. The summed E-state index contributed by atoms with van der Waals surface area (Å²) in [7, 11) is 0. The number of rotatable bonds is 3. The smallest absolute Gasteiger partial charge is 0.398 e. The number of nitrogens with one attached hydrogen (secondary N) is 1. The van der Waals surface area contributed by atoms with Crippen LogP contribution in [0.15, 0.2) is 35.0 Å². The van der Waals surface area contributed by atoms with Crippen LogP contribution in [0.5, 0.6) is 0 Å². The van der Waals surface area contributed by atoms with Gasteiger partial charge >= 0.3 is 6.18 Å². The fourth-order valence-corrected chi connectivity index (χ4v) is 1.55. The highest BCUT2D eigenvalue weighted by atomic mass is 19.4. The molecule has 0 atom stereocenters. The van der Waals surface area contributed by atoms with E-state index in [9.17, 15) is 18.0 Å². The van der Waals surface area contributed by atoms with Gasteiger partial charge in [-0.05, 0) is 18.2 Å². The van der Waals surface area contributed by atoms with Crippen LogP contribution < -0.4 is 11.1 Å². The molecule has 20 heavy (non-hydrogen) atoms. The van der Waals surface area contributed by atoms with E-state index in [0.717, 1.165) is 6.07 Å². The van der Waals surface area contributed by atoms with E-state index >= 15 is 0 Å². The third kappa shape index (κ3) is 3.08. The van der Waals surface area contributed by atoms with Crippen molar-refractivity contribution in [3.63, 3.8) is 0 Å². The van der Waals surface area contributed by atoms with Crippen molar-refractivity contribution in [3.8, 4) is 0 Å². The molecule has 1 amide bonds. The number of carbonyl (C=O) groups is 1. The highest BCUT2D eigenvalue weighted by molar-refractivity contribution is 5.94. The first-order valence-corrected chi connectivity index (χ1v) is 5.52. The molecule has 0 spiro atoms. The molecule has 8 heteroatoms. The van der Waals surface area contributed by atoms with Crippen LogP contribution in [-0.4, -0.2) is 11.1 Å². The maximum atomic E-state index is 12.7. The predicted molar refractivity (Wildman–Crippen MR) is 63.5 cm³/mol. The zero-order chi connectivity index (χ0) is 14.8. The van der Waals surface area contributed by atoms with Gasteiger partial charge < -0.3 is 15.6 Å². The van der Waals surface area contributed by atoms with Crippen LogP contribution in [0.3, 0.4) is 0 Å². The van der Waals surface area contributed by atoms with Gasteiger partial charge in [-0.25, -0.2) is 0 Å². The van der Waals surface area contributed by atoms with E-state index in [2.05, 4.69) is 10.5 Å². The van der Waals surface area contributed by atoms with E-state index < -0.39 is 23.3 Å². The third-order valence-corrected chi connectivity index (χ3v) is 2.54. The molecule has 106 valence electrons.